The van der Waals surface area contributed by atoms with Crippen LogP contribution in [0.5, 0.6) is 0 Å². The minimum atomic E-state index is -1.04. The molecule has 1 heterocycles. The smallest absolute Gasteiger partial charge is 0.315 e. The van der Waals surface area contributed by atoms with E-state index in [-0.39, 0.29) is 18.6 Å². The fraction of sp³-hybridized carbons (Fsp3) is 0.615. The van der Waals surface area contributed by atoms with E-state index in [2.05, 4.69) is 10.6 Å². The molecule has 0 aliphatic heterocycles. The van der Waals surface area contributed by atoms with Crippen molar-refractivity contribution in [2.45, 2.75) is 31.9 Å². The van der Waals surface area contributed by atoms with Gasteiger partial charge in [0.25, 0.3) is 0 Å². The predicted molar refractivity (Wildman–Crippen MR) is 76.4 cm³/mol. The maximum absolute atomic E-state index is 11.7. The SMILES string of the molecule is COCCC(C)NC(=O)NCC(C)(O)c1cccs1. The summed E-state index contributed by atoms with van der Waals surface area (Å²) >= 11 is 1.47. The molecule has 0 spiro atoms. The van der Waals surface area contributed by atoms with E-state index in [1.165, 1.54) is 11.3 Å². The molecule has 108 valence electrons. The molecule has 2 amide bonds. The van der Waals surface area contributed by atoms with Crippen molar-refractivity contribution in [3.05, 3.63) is 22.4 Å². The number of thiophene rings is 1. The summed E-state index contributed by atoms with van der Waals surface area (Å²) in [5.41, 5.74) is -1.04. The lowest BCUT2D eigenvalue weighted by Gasteiger charge is -2.23. The van der Waals surface area contributed by atoms with E-state index in [1.807, 2.05) is 24.4 Å². The molecular formula is C13H22N2O3S. The van der Waals surface area contributed by atoms with Crippen LogP contribution in [-0.4, -0.2) is 37.4 Å². The molecule has 0 saturated heterocycles. The Morgan fingerprint density at radius 3 is 2.95 bits per heavy atom. The molecule has 1 rings (SSSR count). The van der Waals surface area contributed by atoms with Gasteiger partial charge in [-0.15, -0.1) is 11.3 Å². The zero-order valence-electron chi connectivity index (χ0n) is 11.6. The van der Waals surface area contributed by atoms with Gasteiger partial charge in [0.15, 0.2) is 0 Å². The normalized spacial score (nSPS) is 15.6. The minimum absolute atomic E-state index is 0.0339. The molecule has 5 nitrogen and oxygen atoms in total. The van der Waals surface area contributed by atoms with Gasteiger partial charge in [-0.05, 0) is 31.7 Å². The van der Waals surface area contributed by atoms with Crippen LogP contribution in [0.25, 0.3) is 0 Å². The number of hydrogen-bond acceptors (Lipinski definition) is 4. The zero-order chi connectivity index (χ0) is 14.3. The molecule has 2 atom stereocenters. The second-order valence-corrected chi connectivity index (χ2v) is 5.71. The van der Waals surface area contributed by atoms with Crippen molar-refractivity contribution in [2.24, 2.45) is 0 Å². The Balaban J connectivity index is 2.34. The highest BCUT2D eigenvalue weighted by atomic mass is 32.1. The van der Waals surface area contributed by atoms with Crippen LogP contribution in [0.2, 0.25) is 0 Å². The van der Waals surface area contributed by atoms with Crippen LogP contribution in [0.3, 0.4) is 0 Å². The zero-order valence-corrected chi connectivity index (χ0v) is 12.4. The Labute approximate surface area is 118 Å². The summed E-state index contributed by atoms with van der Waals surface area (Å²) < 4.78 is 4.95. The number of rotatable bonds is 7. The molecule has 1 aromatic heterocycles. The summed E-state index contributed by atoms with van der Waals surface area (Å²) in [6.45, 7) is 4.38. The van der Waals surface area contributed by atoms with Crippen LogP contribution >= 0.6 is 11.3 Å². The van der Waals surface area contributed by atoms with Crippen molar-refractivity contribution in [3.8, 4) is 0 Å². The summed E-state index contributed by atoms with van der Waals surface area (Å²) in [7, 11) is 1.63. The van der Waals surface area contributed by atoms with Gasteiger partial charge in [-0.1, -0.05) is 6.07 Å². The van der Waals surface area contributed by atoms with Crippen LogP contribution in [0.1, 0.15) is 25.1 Å². The first-order valence-electron chi connectivity index (χ1n) is 6.25. The molecule has 0 bridgehead atoms. The molecule has 19 heavy (non-hydrogen) atoms. The van der Waals surface area contributed by atoms with E-state index in [9.17, 15) is 9.90 Å². The number of urea groups is 1. The molecule has 2 unspecified atom stereocenters. The van der Waals surface area contributed by atoms with Crippen molar-refractivity contribution >= 4 is 17.4 Å². The highest BCUT2D eigenvalue weighted by Crippen LogP contribution is 2.24. The number of ether oxygens (including phenoxy) is 1. The average Bonchev–Trinajstić information content (AvgIpc) is 2.88. The van der Waals surface area contributed by atoms with Crippen LogP contribution < -0.4 is 10.6 Å². The lowest BCUT2D eigenvalue weighted by molar-refractivity contribution is 0.0629. The molecule has 0 radical (unpaired) electrons. The van der Waals surface area contributed by atoms with E-state index in [0.29, 0.717) is 6.61 Å². The quantitative estimate of drug-likeness (QED) is 0.714. The number of amides is 2. The van der Waals surface area contributed by atoms with E-state index in [1.54, 1.807) is 14.0 Å². The fourth-order valence-corrected chi connectivity index (χ4v) is 2.35. The Bertz CT molecular complexity index is 379. The number of carbonyl (C=O) groups excluding carboxylic acids is 1. The Morgan fingerprint density at radius 1 is 1.63 bits per heavy atom. The van der Waals surface area contributed by atoms with Crippen molar-refractivity contribution in [3.63, 3.8) is 0 Å². The first-order chi connectivity index (χ1) is 8.95. The molecule has 0 aromatic carbocycles. The van der Waals surface area contributed by atoms with Gasteiger partial charge in [-0.2, -0.15) is 0 Å². The second kappa shape index (κ2) is 7.47. The lowest BCUT2D eigenvalue weighted by Crippen LogP contribution is -2.46. The minimum Gasteiger partial charge on any atom is -0.385 e. The third-order valence-corrected chi connectivity index (χ3v) is 3.90. The Hall–Kier alpha value is -1.11. The highest BCUT2D eigenvalue weighted by Gasteiger charge is 2.24. The average molecular weight is 286 g/mol. The topological polar surface area (TPSA) is 70.6 Å². The van der Waals surface area contributed by atoms with Gasteiger partial charge in [0.1, 0.15) is 5.60 Å². The van der Waals surface area contributed by atoms with Gasteiger partial charge in [0.2, 0.25) is 0 Å². The summed E-state index contributed by atoms with van der Waals surface area (Å²) in [5.74, 6) is 0. The van der Waals surface area contributed by atoms with Crippen LogP contribution in [0, 0.1) is 0 Å². The number of aliphatic hydroxyl groups is 1. The molecule has 1 aromatic rings. The third-order valence-electron chi connectivity index (χ3n) is 2.78. The largest absolute Gasteiger partial charge is 0.385 e. The molecule has 0 fully saturated rings. The Morgan fingerprint density at radius 2 is 2.37 bits per heavy atom. The van der Waals surface area contributed by atoms with Gasteiger partial charge in [0.05, 0.1) is 6.54 Å². The van der Waals surface area contributed by atoms with E-state index < -0.39 is 5.60 Å². The number of methoxy groups -OCH3 is 1. The molecule has 0 saturated carbocycles. The number of hydrogen-bond donors (Lipinski definition) is 3. The van der Waals surface area contributed by atoms with Gasteiger partial charge in [0, 0.05) is 24.6 Å². The fourth-order valence-electron chi connectivity index (χ4n) is 1.57. The van der Waals surface area contributed by atoms with Crippen LogP contribution in [-0.2, 0) is 10.3 Å². The number of nitrogens with one attached hydrogen (secondary N) is 2. The summed E-state index contributed by atoms with van der Waals surface area (Å²) in [4.78, 5) is 12.5. The van der Waals surface area contributed by atoms with E-state index >= 15 is 0 Å². The summed E-state index contributed by atoms with van der Waals surface area (Å²) in [5, 5.41) is 17.6. The lowest BCUT2D eigenvalue weighted by atomic mass is 10.1. The maximum atomic E-state index is 11.7. The number of carbonyl (C=O) groups is 1. The van der Waals surface area contributed by atoms with Crippen LogP contribution in [0.15, 0.2) is 17.5 Å². The summed E-state index contributed by atoms with van der Waals surface area (Å²) in [6.07, 6.45) is 0.755. The maximum Gasteiger partial charge on any atom is 0.315 e. The first-order valence-corrected chi connectivity index (χ1v) is 7.13. The molecule has 3 N–H and O–H groups in total. The van der Waals surface area contributed by atoms with Crippen LogP contribution in [0.4, 0.5) is 4.79 Å². The first kappa shape index (κ1) is 15.9. The highest BCUT2D eigenvalue weighted by molar-refractivity contribution is 7.10. The molecule has 0 aliphatic carbocycles. The van der Waals surface area contributed by atoms with Crippen molar-refractivity contribution in [1.82, 2.24) is 10.6 Å². The summed E-state index contributed by atoms with van der Waals surface area (Å²) in [6, 6.07) is 3.49. The predicted octanol–water partition coefficient (Wildman–Crippen LogP) is 1.68. The van der Waals surface area contributed by atoms with Crippen molar-refractivity contribution < 1.29 is 14.6 Å². The van der Waals surface area contributed by atoms with Gasteiger partial charge < -0.3 is 20.5 Å². The van der Waals surface area contributed by atoms with E-state index in [0.717, 1.165) is 11.3 Å². The third kappa shape index (κ3) is 5.59. The van der Waals surface area contributed by atoms with Gasteiger partial charge >= 0.3 is 6.03 Å². The van der Waals surface area contributed by atoms with Gasteiger partial charge in [-0.3, -0.25) is 0 Å². The van der Waals surface area contributed by atoms with Gasteiger partial charge in [-0.25, -0.2) is 4.79 Å². The molecule has 0 aliphatic rings. The van der Waals surface area contributed by atoms with E-state index in [4.69, 9.17) is 4.74 Å². The van der Waals surface area contributed by atoms with Crippen molar-refractivity contribution in [2.75, 3.05) is 20.3 Å². The second-order valence-electron chi connectivity index (χ2n) is 4.76. The molecule has 6 heteroatoms. The standard InChI is InChI=1S/C13H22N2O3S/c1-10(6-7-18-3)15-12(16)14-9-13(2,17)11-5-4-8-19-11/h4-5,8,10,17H,6-7,9H2,1-3H3,(H2,14,15,16). The monoisotopic (exact) mass is 286 g/mol. The molecular weight excluding hydrogens is 264 g/mol. The Kier molecular flexibility index (Phi) is 6.27. The van der Waals surface area contributed by atoms with Crippen molar-refractivity contribution in [1.29, 1.82) is 0 Å².